The lowest BCUT2D eigenvalue weighted by atomic mass is 9.83. The minimum atomic E-state index is -0.0386. The molecule has 7 heteroatoms. The molecule has 0 unspecified atom stereocenters. The number of carbonyl (C=O) groups excluding carboxylic acids is 1. The number of ether oxygens (including phenoxy) is 2. The molecule has 1 fully saturated rings. The van der Waals surface area contributed by atoms with E-state index >= 15 is 0 Å². The molecule has 1 aliphatic carbocycles. The Morgan fingerprint density at radius 3 is 2.88 bits per heavy atom. The van der Waals surface area contributed by atoms with E-state index in [4.69, 9.17) is 21.1 Å². The Hall–Kier alpha value is -2.23. The first-order valence-corrected chi connectivity index (χ1v) is 9.02. The molecule has 0 radical (unpaired) electrons. The van der Waals surface area contributed by atoms with Gasteiger partial charge in [-0.2, -0.15) is 0 Å². The van der Waals surface area contributed by atoms with Gasteiger partial charge in [-0.1, -0.05) is 23.1 Å². The third kappa shape index (κ3) is 4.69. The molecule has 138 valence electrons. The third-order valence-corrected chi connectivity index (χ3v) is 4.64. The molecule has 1 aromatic heterocycles. The van der Waals surface area contributed by atoms with Crippen molar-refractivity contribution >= 4 is 23.2 Å². The van der Waals surface area contributed by atoms with Crippen molar-refractivity contribution in [3.63, 3.8) is 0 Å². The maximum Gasteiger partial charge on any atom is 0.234 e. The summed E-state index contributed by atoms with van der Waals surface area (Å²) in [4.78, 5) is 17.0. The molecule has 1 N–H and O–H groups in total. The Balaban J connectivity index is 1.41. The molecule has 3 rings (SSSR count). The maximum atomic E-state index is 11.0. The van der Waals surface area contributed by atoms with Crippen LogP contribution in [0.15, 0.2) is 36.1 Å². The van der Waals surface area contributed by atoms with Crippen LogP contribution in [0.25, 0.3) is 0 Å². The first-order chi connectivity index (χ1) is 12.5. The van der Waals surface area contributed by atoms with Gasteiger partial charge in [0.2, 0.25) is 11.8 Å². The van der Waals surface area contributed by atoms with Crippen LogP contribution in [0.1, 0.15) is 26.7 Å². The van der Waals surface area contributed by atoms with Gasteiger partial charge in [0.1, 0.15) is 5.02 Å². The minimum absolute atomic E-state index is 0.0247. The van der Waals surface area contributed by atoms with E-state index in [-0.39, 0.29) is 18.1 Å². The summed E-state index contributed by atoms with van der Waals surface area (Å²) in [6.45, 7) is 4.52. The molecule has 0 bridgehead atoms. The lowest BCUT2D eigenvalue weighted by Gasteiger charge is -2.35. The quantitative estimate of drug-likeness (QED) is 0.707. The number of halogens is 1. The van der Waals surface area contributed by atoms with Crippen LogP contribution in [0.2, 0.25) is 5.02 Å². The van der Waals surface area contributed by atoms with Crippen molar-refractivity contribution in [2.75, 3.05) is 18.1 Å². The number of hydrogen-bond donors (Lipinski definition) is 1. The summed E-state index contributed by atoms with van der Waals surface area (Å²) >= 11 is 6.40. The molecule has 1 amide bonds. The predicted octanol–water partition coefficient (Wildman–Crippen LogP) is 3.04. The van der Waals surface area contributed by atoms with Crippen molar-refractivity contribution in [3.05, 3.63) is 41.1 Å². The van der Waals surface area contributed by atoms with Crippen LogP contribution in [0.4, 0.5) is 5.69 Å². The lowest BCUT2D eigenvalue weighted by Crippen LogP contribution is -2.40. The normalized spacial score (nSPS) is 21.6. The molecule has 0 spiro atoms. The zero-order chi connectivity index (χ0) is 18.5. The van der Waals surface area contributed by atoms with E-state index in [1.54, 1.807) is 18.6 Å². The molecule has 1 aliphatic heterocycles. The number of hydrogen-bond acceptors (Lipinski definition) is 5. The van der Waals surface area contributed by atoms with E-state index in [1.807, 2.05) is 17.9 Å². The summed E-state index contributed by atoms with van der Waals surface area (Å²) in [7, 11) is 0. The second-order valence-electron chi connectivity index (χ2n) is 6.61. The summed E-state index contributed by atoms with van der Waals surface area (Å²) in [5.74, 6) is 0.815. The zero-order valence-electron chi connectivity index (χ0n) is 14.9. The molecule has 2 heterocycles. The van der Waals surface area contributed by atoms with Gasteiger partial charge in [0.15, 0.2) is 0 Å². The molecule has 6 nitrogen and oxygen atoms in total. The van der Waals surface area contributed by atoms with Crippen LogP contribution in [0.3, 0.4) is 0 Å². The van der Waals surface area contributed by atoms with Crippen molar-refractivity contribution in [1.82, 2.24) is 10.3 Å². The van der Waals surface area contributed by atoms with Gasteiger partial charge >= 0.3 is 0 Å². The summed E-state index contributed by atoms with van der Waals surface area (Å²) in [6.07, 6.45) is 7.27. The van der Waals surface area contributed by atoms with Gasteiger partial charge in [-0.15, -0.1) is 0 Å². The van der Waals surface area contributed by atoms with E-state index in [9.17, 15) is 4.79 Å². The van der Waals surface area contributed by atoms with Gasteiger partial charge in [-0.05, 0) is 31.7 Å². The molecule has 1 atom stereocenters. The fraction of sp³-hybridized carbons (Fsp3) is 0.474. The molecule has 1 aromatic rings. The topological polar surface area (TPSA) is 63.7 Å². The Bertz CT molecular complexity index is 747. The fourth-order valence-corrected chi connectivity index (χ4v) is 3.18. The SMILES string of the molecule is CC(=O)N[C@@H](C)CO[C@H]1C[C@H](COc2nccc(N3C=C=C=C3)c2Cl)C1. The summed E-state index contributed by atoms with van der Waals surface area (Å²) < 4.78 is 11.6. The Morgan fingerprint density at radius 1 is 1.46 bits per heavy atom. The molecule has 1 saturated carbocycles. The van der Waals surface area contributed by atoms with Crippen LogP contribution in [0, 0.1) is 5.92 Å². The fourth-order valence-electron chi connectivity index (χ4n) is 2.92. The van der Waals surface area contributed by atoms with Crippen LogP contribution in [-0.2, 0) is 9.53 Å². The Labute approximate surface area is 158 Å². The van der Waals surface area contributed by atoms with E-state index < -0.39 is 0 Å². The molecule has 0 aromatic carbocycles. The van der Waals surface area contributed by atoms with Crippen LogP contribution < -0.4 is 15.0 Å². The highest BCUT2D eigenvalue weighted by atomic mass is 35.5. The summed E-state index contributed by atoms with van der Waals surface area (Å²) in [5, 5.41) is 3.28. The Kier molecular flexibility index (Phi) is 6.02. The number of nitrogens with one attached hydrogen (secondary N) is 1. The highest BCUT2D eigenvalue weighted by Crippen LogP contribution is 2.35. The highest BCUT2D eigenvalue weighted by molar-refractivity contribution is 6.34. The van der Waals surface area contributed by atoms with Crippen molar-refractivity contribution in [1.29, 1.82) is 0 Å². The lowest BCUT2D eigenvalue weighted by molar-refractivity contribution is -0.120. The first-order valence-electron chi connectivity index (χ1n) is 8.65. The smallest absolute Gasteiger partial charge is 0.234 e. The van der Waals surface area contributed by atoms with Gasteiger partial charge in [0, 0.05) is 19.2 Å². The standard InChI is InChI=1S/C19H22ClN3O3/c1-13(22-14(2)24)11-25-16-9-15(10-16)12-26-19-18(20)17(5-6-21-19)23-7-3-4-8-23/h5-8,13,15-16H,9-12H2,1-2H3,(H,22,24)/t13-,15-,16-/m0/s1. The largest absolute Gasteiger partial charge is 0.476 e. The number of pyridine rings is 1. The second-order valence-corrected chi connectivity index (χ2v) is 6.99. The van der Waals surface area contributed by atoms with E-state index in [2.05, 4.69) is 21.8 Å². The number of anilines is 1. The molecule has 26 heavy (non-hydrogen) atoms. The van der Waals surface area contributed by atoms with Crippen LogP contribution in [-0.4, -0.2) is 36.3 Å². The number of nitrogens with zero attached hydrogens (tertiary/aromatic N) is 2. The molecule has 2 aliphatic rings. The van der Waals surface area contributed by atoms with Crippen molar-refractivity contribution in [2.45, 2.75) is 38.8 Å². The number of carbonyl (C=O) groups is 1. The number of aromatic nitrogens is 1. The summed E-state index contributed by atoms with van der Waals surface area (Å²) in [6, 6.07) is 1.84. The number of amides is 1. The van der Waals surface area contributed by atoms with Gasteiger partial charge in [-0.25, -0.2) is 4.98 Å². The monoisotopic (exact) mass is 375 g/mol. The third-order valence-electron chi connectivity index (χ3n) is 4.29. The van der Waals surface area contributed by atoms with E-state index in [0.29, 0.717) is 30.0 Å². The maximum absolute atomic E-state index is 11.0. The van der Waals surface area contributed by atoms with Crippen LogP contribution in [0.5, 0.6) is 5.88 Å². The highest BCUT2D eigenvalue weighted by Gasteiger charge is 2.31. The van der Waals surface area contributed by atoms with E-state index in [0.717, 1.165) is 18.5 Å². The van der Waals surface area contributed by atoms with Gasteiger partial charge in [-0.3, -0.25) is 4.79 Å². The van der Waals surface area contributed by atoms with Crippen molar-refractivity contribution < 1.29 is 14.3 Å². The average molecular weight is 376 g/mol. The first kappa shape index (κ1) is 18.6. The molecular weight excluding hydrogens is 354 g/mol. The van der Waals surface area contributed by atoms with Crippen LogP contribution >= 0.6 is 11.6 Å². The van der Waals surface area contributed by atoms with Gasteiger partial charge in [0.25, 0.3) is 0 Å². The van der Waals surface area contributed by atoms with E-state index in [1.165, 1.54) is 6.92 Å². The van der Waals surface area contributed by atoms with Crippen molar-refractivity contribution in [2.24, 2.45) is 5.92 Å². The predicted molar refractivity (Wildman–Crippen MR) is 99.1 cm³/mol. The Morgan fingerprint density at radius 2 is 2.19 bits per heavy atom. The van der Waals surface area contributed by atoms with Crippen molar-refractivity contribution in [3.8, 4) is 5.88 Å². The second kappa shape index (κ2) is 8.43. The average Bonchev–Trinajstić information content (AvgIpc) is 3.07. The zero-order valence-corrected chi connectivity index (χ0v) is 15.6. The summed E-state index contributed by atoms with van der Waals surface area (Å²) in [5.41, 5.74) is 6.51. The minimum Gasteiger partial charge on any atom is -0.476 e. The van der Waals surface area contributed by atoms with Gasteiger partial charge < -0.3 is 19.7 Å². The molecule has 0 saturated heterocycles. The van der Waals surface area contributed by atoms with Gasteiger partial charge in [0.05, 0.1) is 37.4 Å². The molecular formula is C19H22ClN3O3. The number of rotatable bonds is 8.